The van der Waals surface area contributed by atoms with Crippen LogP contribution in [-0.2, 0) is 0 Å². The molecule has 0 atom stereocenters. The Morgan fingerprint density at radius 1 is 1.24 bits per heavy atom. The quantitative estimate of drug-likeness (QED) is 0.532. The number of aliphatic imine (C=N–C) groups is 1. The molecule has 2 N–H and O–H groups in total. The van der Waals surface area contributed by atoms with Gasteiger partial charge in [0.2, 0.25) is 5.88 Å². The highest BCUT2D eigenvalue weighted by Gasteiger charge is 2.13. The lowest BCUT2D eigenvalue weighted by Crippen LogP contribution is -2.18. The number of nitrogens with one attached hydrogen (secondary N) is 1. The lowest BCUT2D eigenvalue weighted by atomic mass is 10.2. The second-order valence-electron chi connectivity index (χ2n) is 5.36. The SMILES string of the molecule is Cc1ccc(-n2c(O)c(C=Nc3ccccc3)c(=O)[nH]c2=S)cc1Cl. The Balaban J connectivity index is 2.15. The number of halogens is 1. The van der Waals surface area contributed by atoms with Crippen molar-refractivity contribution in [2.75, 3.05) is 0 Å². The highest BCUT2D eigenvalue weighted by molar-refractivity contribution is 7.71. The summed E-state index contributed by atoms with van der Waals surface area (Å²) in [5.74, 6) is -0.298. The molecule has 1 heterocycles. The van der Waals surface area contributed by atoms with E-state index in [0.717, 1.165) is 5.56 Å². The van der Waals surface area contributed by atoms with E-state index in [9.17, 15) is 9.90 Å². The van der Waals surface area contributed by atoms with Crippen molar-refractivity contribution in [3.8, 4) is 11.6 Å². The van der Waals surface area contributed by atoms with Crippen LogP contribution in [0.1, 0.15) is 11.1 Å². The molecular formula is C18H14ClN3O2S. The molecule has 0 aliphatic carbocycles. The van der Waals surface area contributed by atoms with Crippen LogP contribution in [0.2, 0.25) is 5.02 Å². The summed E-state index contributed by atoms with van der Waals surface area (Å²) in [5.41, 5.74) is 1.59. The van der Waals surface area contributed by atoms with Gasteiger partial charge in [-0.1, -0.05) is 35.9 Å². The minimum Gasteiger partial charge on any atom is -0.494 e. The maximum Gasteiger partial charge on any atom is 0.264 e. The summed E-state index contributed by atoms with van der Waals surface area (Å²) in [6.45, 7) is 1.87. The molecule has 0 amide bonds. The Kier molecular flexibility index (Phi) is 4.83. The maximum atomic E-state index is 12.2. The lowest BCUT2D eigenvalue weighted by Gasteiger charge is -2.12. The van der Waals surface area contributed by atoms with Crippen molar-refractivity contribution in [2.24, 2.45) is 4.99 Å². The summed E-state index contributed by atoms with van der Waals surface area (Å²) < 4.78 is 1.41. The molecule has 7 heteroatoms. The van der Waals surface area contributed by atoms with Gasteiger partial charge in [-0.3, -0.25) is 19.3 Å². The van der Waals surface area contributed by atoms with E-state index >= 15 is 0 Å². The second kappa shape index (κ2) is 7.04. The normalized spacial score (nSPS) is 11.1. The lowest BCUT2D eigenvalue weighted by molar-refractivity contribution is 0.432. The van der Waals surface area contributed by atoms with Crippen molar-refractivity contribution < 1.29 is 5.11 Å². The van der Waals surface area contributed by atoms with Gasteiger partial charge in [0.1, 0.15) is 5.56 Å². The summed E-state index contributed by atoms with van der Waals surface area (Å²) in [6.07, 6.45) is 1.31. The third-order valence-corrected chi connectivity index (χ3v) is 4.33. The molecule has 1 aromatic heterocycles. The number of nitrogens with zero attached hydrogens (tertiary/aromatic N) is 2. The zero-order valence-corrected chi connectivity index (χ0v) is 14.8. The summed E-state index contributed by atoms with van der Waals surface area (Å²) in [6, 6.07) is 14.3. The van der Waals surface area contributed by atoms with Crippen LogP contribution in [0.4, 0.5) is 5.69 Å². The van der Waals surface area contributed by atoms with Crippen molar-refractivity contribution in [2.45, 2.75) is 6.92 Å². The van der Waals surface area contributed by atoms with E-state index < -0.39 is 5.56 Å². The fraction of sp³-hybridized carbons (Fsp3) is 0.0556. The molecule has 0 saturated heterocycles. The number of aromatic hydroxyl groups is 1. The number of hydrogen-bond acceptors (Lipinski definition) is 4. The fourth-order valence-electron chi connectivity index (χ4n) is 2.27. The van der Waals surface area contributed by atoms with Crippen LogP contribution in [-0.4, -0.2) is 20.9 Å². The van der Waals surface area contributed by atoms with Crippen molar-refractivity contribution in [3.05, 3.63) is 79.8 Å². The standard InChI is InChI=1S/C18H14ClN3O2S/c1-11-7-8-13(9-15(11)19)22-17(24)14(16(23)21-18(22)25)10-20-12-5-3-2-4-6-12/h2-10,24H,1H3,(H,21,23,25). The molecule has 0 aliphatic rings. The highest BCUT2D eigenvalue weighted by atomic mass is 35.5. The number of aromatic nitrogens is 2. The zero-order valence-electron chi connectivity index (χ0n) is 13.2. The Morgan fingerprint density at radius 3 is 2.64 bits per heavy atom. The van der Waals surface area contributed by atoms with E-state index in [1.54, 1.807) is 24.3 Å². The first kappa shape index (κ1) is 17.1. The van der Waals surface area contributed by atoms with E-state index in [-0.39, 0.29) is 16.2 Å². The Labute approximate surface area is 153 Å². The third-order valence-electron chi connectivity index (χ3n) is 3.63. The van der Waals surface area contributed by atoms with Gasteiger partial charge in [-0.25, -0.2) is 0 Å². The van der Waals surface area contributed by atoms with Gasteiger partial charge < -0.3 is 5.11 Å². The predicted octanol–water partition coefficient (Wildman–Crippen LogP) is 4.31. The molecule has 0 bridgehead atoms. The molecule has 126 valence electrons. The van der Waals surface area contributed by atoms with Crippen LogP contribution in [0.15, 0.2) is 58.3 Å². The molecule has 5 nitrogen and oxygen atoms in total. The van der Waals surface area contributed by atoms with Gasteiger partial charge in [0.15, 0.2) is 4.77 Å². The minimum atomic E-state index is -0.517. The van der Waals surface area contributed by atoms with Crippen LogP contribution < -0.4 is 5.56 Å². The number of rotatable bonds is 3. The zero-order chi connectivity index (χ0) is 18.0. The Bertz CT molecular complexity index is 1070. The average Bonchev–Trinajstić information content (AvgIpc) is 2.58. The van der Waals surface area contributed by atoms with Gasteiger partial charge in [-0.15, -0.1) is 0 Å². The molecule has 0 spiro atoms. The molecule has 25 heavy (non-hydrogen) atoms. The van der Waals surface area contributed by atoms with Gasteiger partial charge in [0.05, 0.1) is 11.4 Å². The summed E-state index contributed by atoms with van der Waals surface area (Å²) in [5, 5.41) is 11.1. The molecule has 0 aliphatic heterocycles. The highest BCUT2D eigenvalue weighted by Crippen LogP contribution is 2.24. The topological polar surface area (TPSA) is 70.4 Å². The smallest absolute Gasteiger partial charge is 0.264 e. The number of benzene rings is 2. The van der Waals surface area contributed by atoms with Gasteiger partial charge in [-0.2, -0.15) is 0 Å². The number of aromatic amines is 1. The summed E-state index contributed by atoms with van der Waals surface area (Å²) in [7, 11) is 0. The molecule has 3 rings (SSSR count). The van der Waals surface area contributed by atoms with E-state index in [0.29, 0.717) is 16.4 Å². The first-order chi connectivity index (χ1) is 12.0. The average molecular weight is 372 g/mol. The third kappa shape index (κ3) is 3.55. The molecule has 2 aromatic carbocycles. The van der Waals surface area contributed by atoms with Crippen molar-refractivity contribution in [1.29, 1.82) is 0 Å². The van der Waals surface area contributed by atoms with Crippen molar-refractivity contribution in [3.63, 3.8) is 0 Å². The molecule has 0 radical (unpaired) electrons. The van der Waals surface area contributed by atoms with Crippen molar-refractivity contribution in [1.82, 2.24) is 9.55 Å². The van der Waals surface area contributed by atoms with Crippen molar-refractivity contribution >= 4 is 35.7 Å². The van der Waals surface area contributed by atoms with E-state index in [2.05, 4.69) is 9.98 Å². The maximum absolute atomic E-state index is 12.2. The van der Waals surface area contributed by atoms with Crippen LogP contribution >= 0.6 is 23.8 Å². The molecule has 0 fully saturated rings. The van der Waals surface area contributed by atoms with E-state index in [1.165, 1.54) is 10.8 Å². The predicted molar refractivity (Wildman–Crippen MR) is 102 cm³/mol. The molecule has 3 aromatic rings. The molecule has 0 saturated carbocycles. The van der Waals surface area contributed by atoms with E-state index in [4.69, 9.17) is 23.8 Å². The summed E-state index contributed by atoms with van der Waals surface area (Å²) in [4.78, 5) is 18.9. The second-order valence-corrected chi connectivity index (χ2v) is 6.15. The number of para-hydroxylation sites is 1. The van der Waals surface area contributed by atoms with Crippen LogP contribution in [0, 0.1) is 11.7 Å². The monoisotopic (exact) mass is 371 g/mol. The van der Waals surface area contributed by atoms with Crippen LogP contribution in [0.5, 0.6) is 5.88 Å². The first-order valence-corrected chi connectivity index (χ1v) is 8.20. The van der Waals surface area contributed by atoms with Gasteiger partial charge >= 0.3 is 0 Å². The van der Waals surface area contributed by atoms with Gasteiger partial charge in [0.25, 0.3) is 5.56 Å². The first-order valence-electron chi connectivity index (χ1n) is 7.41. The molecule has 0 unspecified atom stereocenters. The Morgan fingerprint density at radius 2 is 1.96 bits per heavy atom. The van der Waals surface area contributed by atoms with Crippen LogP contribution in [0.3, 0.4) is 0 Å². The van der Waals surface area contributed by atoms with E-state index in [1.807, 2.05) is 31.2 Å². The number of H-pyrrole nitrogens is 1. The summed E-state index contributed by atoms with van der Waals surface area (Å²) >= 11 is 11.3. The number of aryl methyl sites for hydroxylation is 1. The fourth-order valence-corrected chi connectivity index (χ4v) is 2.73. The van der Waals surface area contributed by atoms with Crippen LogP contribution in [0.25, 0.3) is 5.69 Å². The minimum absolute atomic E-state index is 0.00847. The number of hydrogen-bond donors (Lipinski definition) is 2. The van der Waals surface area contributed by atoms with Gasteiger partial charge in [-0.05, 0) is 49.0 Å². The Hall–Kier alpha value is -2.70. The largest absolute Gasteiger partial charge is 0.494 e. The van der Waals surface area contributed by atoms with Gasteiger partial charge in [0, 0.05) is 11.2 Å². The molecular weight excluding hydrogens is 358 g/mol.